The zero-order valence-electron chi connectivity index (χ0n) is 13.2. The Morgan fingerprint density at radius 2 is 2.00 bits per heavy atom. The van der Waals surface area contributed by atoms with Crippen molar-refractivity contribution in [3.8, 4) is 11.5 Å². The molecule has 0 bridgehead atoms. The maximum absolute atomic E-state index is 9.81. The highest BCUT2D eigenvalue weighted by Crippen LogP contribution is 2.29. The summed E-state index contributed by atoms with van der Waals surface area (Å²) < 4.78 is 16.2. The molecule has 1 unspecified atom stereocenters. The summed E-state index contributed by atoms with van der Waals surface area (Å²) in [6.07, 6.45) is 1.43. The highest BCUT2D eigenvalue weighted by atomic mass is 16.5. The summed E-state index contributed by atoms with van der Waals surface area (Å²) in [5.41, 5.74) is 6.81. The zero-order valence-corrected chi connectivity index (χ0v) is 13.2. The average molecular weight is 297 g/mol. The van der Waals surface area contributed by atoms with E-state index >= 15 is 0 Å². The lowest BCUT2D eigenvalue weighted by molar-refractivity contribution is 0.0108. The van der Waals surface area contributed by atoms with Gasteiger partial charge >= 0.3 is 0 Å². The first-order valence-corrected chi connectivity index (χ1v) is 7.40. The molecule has 0 aromatic heterocycles. The maximum Gasteiger partial charge on any atom is 0.161 e. The number of nitrogens with two attached hydrogens (primary N) is 1. The number of ether oxygens (including phenoxy) is 3. The predicted octanol–water partition coefficient (Wildman–Crippen LogP) is 2.27. The van der Waals surface area contributed by atoms with E-state index in [-0.39, 0.29) is 19.3 Å². The second-order valence-corrected chi connectivity index (χ2v) is 5.09. The minimum Gasteiger partial charge on any atom is -0.493 e. The summed E-state index contributed by atoms with van der Waals surface area (Å²) in [7, 11) is 1.58. The quantitative estimate of drug-likeness (QED) is 0.648. The number of unbranched alkanes of at least 4 members (excludes halogenated alkanes) is 1. The summed E-state index contributed by atoms with van der Waals surface area (Å²) in [5.74, 6) is 1.21. The average Bonchev–Trinajstić information content (AvgIpc) is 2.49. The minimum absolute atomic E-state index is 0.0643. The Bertz CT molecular complexity index is 409. The maximum atomic E-state index is 9.81. The number of hydrogen-bond donors (Lipinski definition) is 2. The second-order valence-electron chi connectivity index (χ2n) is 5.09. The van der Waals surface area contributed by atoms with E-state index in [0.29, 0.717) is 18.1 Å². The van der Waals surface area contributed by atoms with Gasteiger partial charge in [0.05, 0.1) is 13.7 Å². The molecule has 0 fully saturated rings. The van der Waals surface area contributed by atoms with Crippen LogP contribution in [-0.4, -0.2) is 38.1 Å². The fraction of sp³-hybridized carbons (Fsp3) is 0.625. The third kappa shape index (κ3) is 6.33. The lowest BCUT2D eigenvalue weighted by Crippen LogP contribution is -2.23. The van der Waals surface area contributed by atoms with Crippen LogP contribution < -0.4 is 15.2 Å². The Labute approximate surface area is 127 Å². The Morgan fingerprint density at radius 1 is 1.24 bits per heavy atom. The summed E-state index contributed by atoms with van der Waals surface area (Å²) in [4.78, 5) is 0. The monoisotopic (exact) mass is 297 g/mol. The normalized spacial score (nSPS) is 13.8. The second kappa shape index (κ2) is 9.60. The molecule has 5 nitrogen and oxygen atoms in total. The van der Waals surface area contributed by atoms with E-state index in [1.807, 2.05) is 25.1 Å². The molecule has 120 valence electrons. The number of methoxy groups -OCH3 is 1. The topological polar surface area (TPSA) is 73.9 Å². The molecule has 0 spiro atoms. The summed E-state index contributed by atoms with van der Waals surface area (Å²) in [6.45, 7) is 5.12. The van der Waals surface area contributed by atoms with Gasteiger partial charge in [-0.3, -0.25) is 0 Å². The first kappa shape index (κ1) is 17.8. The SMILES string of the molecule is CCCCOCC(O)COc1ccc([C@H](C)N)cc1OC. The third-order valence-corrected chi connectivity index (χ3v) is 3.10. The van der Waals surface area contributed by atoms with Crippen LogP contribution >= 0.6 is 0 Å². The van der Waals surface area contributed by atoms with E-state index in [1.54, 1.807) is 7.11 Å². The van der Waals surface area contributed by atoms with Crippen LogP contribution in [0, 0.1) is 0 Å². The number of aliphatic hydroxyl groups is 1. The van der Waals surface area contributed by atoms with Crippen molar-refractivity contribution in [1.82, 2.24) is 0 Å². The molecule has 1 aromatic rings. The fourth-order valence-corrected chi connectivity index (χ4v) is 1.79. The van der Waals surface area contributed by atoms with Gasteiger partial charge in [0.1, 0.15) is 12.7 Å². The van der Waals surface area contributed by atoms with Crippen LogP contribution in [0.3, 0.4) is 0 Å². The summed E-state index contributed by atoms with van der Waals surface area (Å²) in [6, 6.07) is 5.49. The van der Waals surface area contributed by atoms with E-state index in [9.17, 15) is 5.11 Å². The molecule has 1 rings (SSSR count). The van der Waals surface area contributed by atoms with E-state index in [4.69, 9.17) is 19.9 Å². The summed E-state index contributed by atoms with van der Waals surface area (Å²) in [5, 5.41) is 9.81. The van der Waals surface area contributed by atoms with Gasteiger partial charge in [-0.05, 0) is 31.0 Å². The molecule has 0 aliphatic rings. The number of aliphatic hydroxyl groups excluding tert-OH is 1. The molecule has 5 heteroatoms. The molecule has 3 N–H and O–H groups in total. The van der Waals surface area contributed by atoms with Crippen molar-refractivity contribution in [3.05, 3.63) is 23.8 Å². The van der Waals surface area contributed by atoms with E-state index in [1.165, 1.54) is 0 Å². The molecule has 21 heavy (non-hydrogen) atoms. The van der Waals surface area contributed by atoms with Gasteiger partial charge in [-0.2, -0.15) is 0 Å². The van der Waals surface area contributed by atoms with Crippen LogP contribution in [0.2, 0.25) is 0 Å². The Balaban J connectivity index is 2.47. The minimum atomic E-state index is -0.653. The molecule has 0 aliphatic heterocycles. The largest absolute Gasteiger partial charge is 0.493 e. The van der Waals surface area contributed by atoms with E-state index in [0.717, 1.165) is 18.4 Å². The molecule has 0 radical (unpaired) electrons. The van der Waals surface area contributed by atoms with Crippen LogP contribution in [0.4, 0.5) is 0 Å². The van der Waals surface area contributed by atoms with Crippen LogP contribution in [0.5, 0.6) is 11.5 Å². The van der Waals surface area contributed by atoms with Crippen molar-refractivity contribution in [2.45, 2.75) is 38.8 Å². The van der Waals surface area contributed by atoms with Crippen LogP contribution in [-0.2, 0) is 4.74 Å². The molecular weight excluding hydrogens is 270 g/mol. The van der Waals surface area contributed by atoms with Gasteiger partial charge in [-0.1, -0.05) is 19.4 Å². The van der Waals surface area contributed by atoms with Gasteiger partial charge < -0.3 is 25.1 Å². The van der Waals surface area contributed by atoms with Gasteiger partial charge in [-0.15, -0.1) is 0 Å². The smallest absolute Gasteiger partial charge is 0.161 e. The van der Waals surface area contributed by atoms with Crippen molar-refractivity contribution >= 4 is 0 Å². The molecule has 1 aromatic carbocycles. The van der Waals surface area contributed by atoms with Crippen LogP contribution in [0.1, 0.15) is 38.3 Å². The van der Waals surface area contributed by atoms with Gasteiger partial charge in [0, 0.05) is 12.6 Å². The van der Waals surface area contributed by atoms with Gasteiger partial charge in [-0.25, -0.2) is 0 Å². The first-order valence-electron chi connectivity index (χ1n) is 7.40. The Hall–Kier alpha value is -1.30. The lowest BCUT2D eigenvalue weighted by Gasteiger charge is -2.16. The van der Waals surface area contributed by atoms with Gasteiger partial charge in [0.2, 0.25) is 0 Å². The van der Waals surface area contributed by atoms with Gasteiger partial charge in [0.25, 0.3) is 0 Å². The molecule has 2 atom stereocenters. The number of benzene rings is 1. The molecule has 0 heterocycles. The first-order chi connectivity index (χ1) is 10.1. The highest BCUT2D eigenvalue weighted by Gasteiger charge is 2.11. The zero-order chi connectivity index (χ0) is 15.7. The third-order valence-electron chi connectivity index (χ3n) is 3.10. The van der Waals surface area contributed by atoms with Crippen molar-refractivity contribution in [2.75, 3.05) is 26.9 Å². The molecular formula is C16H27NO4. The Kier molecular flexibility index (Phi) is 8.12. The van der Waals surface area contributed by atoms with Crippen molar-refractivity contribution in [1.29, 1.82) is 0 Å². The van der Waals surface area contributed by atoms with Crippen LogP contribution in [0.15, 0.2) is 18.2 Å². The highest BCUT2D eigenvalue weighted by molar-refractivity contribution is 5.43. The van der Waals surface area contributed by atoms with Crippen molar-refractivity contribution < 1.29 is 19.3 Å². The Morgan fingerprint density at radius 3 is 2.62 bits per heavy atom. The lowest BCUT2D eigenvalue weighted by atomic mass is 10.1. The molecule has 0 saturated heterocycles. The standard InChI is InChI=1S/C16H27NO4/c1-4-5-8-20-10-14(18)11-21-15-7-6-13(12(2)17)9-16(15)19-3/h6-7,9,12,14,18H,4-5,8,10-11,17H2,1-3H3/t12-,14?/m0/s1. The van der Waals surface area contributed by atoms with Crippen molar-refractivity contribution in [3.63, 3.8) is 0 Å². The number of rotatable bonds is 10. The van der Waals surface area contributed by atoms with Gasteiger partial charge in [0.15, 0.2) is 11.5 Å². The van der Waals surface area contributed by atoms with Crippen molar-refractivity contribution in [2.24, 2.45) is 5.73 Å². The number of hydrogen-bond acceptors (Lipinski definition) is 5. The molecule has 0 saturated carbocycles. The molecule has 0 amide bonds. The predicted molar refractivity (Wildman–Crippen MR) is 82.8 cm³/mol. The summed E-state index contributed by atoms with van der Waals surface area (Å²) >= 11 is 0. The van der Waals surface area contributed by atoms with Crippen LogP contribution in [0.25, 0.3) is 0 Å². The van der Waals surface area contributed by atoms with E-state index in [2.05, 4.69) is 6.92 Å². The van der Waals surface area contributed by atoms with E-state index < -0.39 is 6.10 Å². The fourth-order valence-electron chi connectivity index (χ4n) is 1.79. The molecule has 0 aliphatic carbocycles.